The molecule has 0 aliphatic carbocycles. The summed E-state index contributed by atoms with van der Waals surface area (Å²) in [5.41, 5.74) is 0.981. The minimum absolute atomic E-state index is 0.172. The number of alkyl halides is 2. The van der Waals surface area contributed by atoms with Crippen LogP contribution in [0.25, 0.3) is 0 Å². The van der Waals surface area contributed by atoms with Crippen molar-refractivity contribution in [2.45, 2.75) is 64.3 Å². The molecule has 0 saturated carbocycles. The number of aromatic carboxylic acids is 1. The van der Waals surface area contributed by atoms with Gasteiger partial charge in [0.05, 0.1) is 11.6 Å². The predicted octanol–water partition coefficient (Wildman–Crippen LogP) is 4.94. The number of rotatable bonds is 10. The molecule has 4 nitrogen and oxygen atoms in total. The lowest BCUT2D eigenvalue weighted by Crippen LogP contribution is -2.37. The molecule has 1 aliphatic rings. The number of carbonyl (C=O) groups is 2. The van der Waals surface area contributed by atoms with Gasteiger partial charge in [-0.1, -0.05) is 57.4 Å². The highest BCUT2D eigenvalue weighted by Crippen LogP contribution is 2.34. The Labute approximate surface area is 165 Å². The van der Waals surface area contributed by atoms with Gasteiger partial charge in [-0.3, -0.25) is 4.79 Å². The minimum Gasteiger partial charge on any atom is -0.478 e. The number of allylic oxidation sites excluding steroid dienone is 1. The Morgan fingerprint density at radius 3 is 2.64 bits per heavy atom. The zero-order valence-corrected chi connectivity index (χ0v) is 16.5. The van der Waals surface area contributed by atoms with Crippen molar-refractivity contribution in [1.29, 1.82) is 0 Å². The molecule has 2 unspecified atom stereocenters. The second-order valence-corrected chi connectivity index (χ2v) is 7.64. The largest absolute Gasteiger partial charge is 0.478 e. The van der Waals surface area contributed by atoms with Gasteiger partial charge in [0.15, 0.2) is 0 Å². The summed E-state index contributed by atoms with van der Waals surface area (Å²) in [5.74, 6) is -4.96. The first-order chi connectivity index (χ1) is 13.2. The van der Waals surface area contributed by atoms with Crippen LogP contribution in [0.15, 0.2) is 36.4 Å². The van der Waals surface area contributed by atoms with Crippen molar-refractivity contribution in [3.63, 3.8) is 0 Å². The molecule has 6 heteroatoms. The predicted molar refractivity (Wildman–Crippen MR) is 105 cm³/mol. The monoisotopic (exact) mass is 393 g/mol. The lowest BCUT2D eigenvalue weighted by Gasteiger charge is -2.22. The second-order valence-electron chi connectivity index (χ2n) is 7.64. The normalized spacial score (nSPS) is 20.1. The molecule has 1 N–H and O–H groups in total. The second kappa shape index (κ2) is 9.80. The van der Waals surface area contributed by atoms with E-state index in [4.69, 9.17) is 5.11 Å². The van der Waals surface area contributed by atoms with Crippen molar-refractivity contribution in [2.24, 2.45) is 5.92 Å². The molecule has 154 valence electrons. The maximum Gasteiger partial charge on any atom is 0.335 e. The van der Waals surface area contributed by atoms with Crippen LogP contribution in [0.4, 0.5) is 8.78 Å². The summed E-state index contributed by atoms with van der Waals surface area (Å²) in [7, 11) is 0. The fraction of sp³-hybridized carbons (Fsp3) is 0.545. The molecule has 2 rings (SSSR count). The van der Waals surface area contributed by atoms with E-state index in [9.17, 15) is 18.4 Å². The van der Waals surface area contributed by atoms with Crippen LogP contribution in [-0.2, 0) is 11.2 Å². The molecule has 0 bridgehead atoms. The van der Waals surface area contributed by atoms with E-state index in [0.717, 1.165) is 31.2 Å². The smallest absolute Gasteiger partial charge is 0.335 e. The third-order valence-corrected chi connectivity index (χ3v) is 5.23. The SMILES string of the molecule is CCCCC(C)C/C=C/C1CC(F)(F)C(=O)N1CCc1ccc(C(=O)O)cc1. The van der Waals surface area contributed by atoms with Gasteiger partial charge in [-0.05, 0) is 36.5 Å². The summed E-state index contributed by atoms with van der Waals surface area (Å²) in [6.45, 7) is 4.47. The Bertz CT molecular complexity index is 700. The number of benzene rings is 1. The van der Waals surface area contributed by atoms with Crippen LogP contribution in [0.1, 0.15) is 61.9 Å². The summed E-state index contributed by atoms with van der Waals surface area (Å²) in [6.07, 6.45) is 7.81. The summed E-state index contributed by atoms with van der Waals surface area (Å²) in [6, 6.07) is 5.67. The molecule has 28 heavy (non-hydrogen) atoms. The van der Waals surface area contributed by atoms with Gasteiger partial charge >= 0.3 is 11.9 Å². The fourth-order valence-corrected chi connectivity index (χ4v) is 3.46. The molecular formula is C22H29F2NO3. The standard InChI is InChI=1S/C22H29F2NO3/c1-3-4-6-16(2)7-5-8-19-15-22(23,24)21(28)25(19)14-13-17-9-11-18(12-10-17)20(26)27/h5,8-12,16,19H,3-4,6-7,13-15H2,1-2H3,(H,26,27)/b8-5+. The maximum atomic E-state index is 14.0. The number of likely N-dealkylation sites (tertiary alicyclic amines) is 1. The van der Waals surface area contributed by atoms with Gasteiger partial charge in [-0.2, -0.15) is 8.78 Å². The number of nitrogens with zero attached hydrogens (tertiary/aromatic N) is 1. The third-order valence-electron chi connectivity index (χ3n) is 5.23. The quantitative estimate of drug-likeness (QED) is 0.573. The van der Waals surface area contributed by atoms with Crippen molar-refractivity contribution in [3.05, 3.63) is 47.5 Å². The highest BCUT2D eigenvalue weighted by atomic mass is 19.3. The number of carbonyl (C=O) groups excluding carboxylic acids is 1. The molecule has 1 saturated heterocycles. The van der Waals surface area contributed by atoms with Gasteiger partial charge < -0.3 is 10.0 Å². The van der Waals surface area contributed by atoms with Crippen molar-refractivity contribution in [3.8, 4) is 0 Å². The van der Waals surface area contributed by atoms with E-state index in [0.29, 0.717) is 12.3 Å². The molecule has 1 heterocycles. The maximum absolute atomic E-state index is 14.0. The molecule has 1 amide bonds. The lowest BCUT2D eigenvalue weighted by atomic mass is 10.00. The van der Waals surface area contributed by atoms with Crippen molar-refractivity contribution < 1.29 is 23.5 Å². The molecule has 0 spiro atoms. The number of hydrogen-bond donors (Lipinski definition) is 1. The average Bonchev–Trinajstić information content (AvgIpc) is 2.87. The Hall–Kier alpha value is -2.24. The molecule has 1 aromatic carbocycles. The first-order valence-corrected chi connectivity index (χ1v) is 9.92. The van der Waals surface area contributed by atoms with E-state index in [2.05, 4.69) is 13.8 Å². The topological polar surface area (TPSA) is 57.6 Å². The zero-order valence-electron chi connectivity index (χ0n) is 16.5. The van der Waals surface area contributed by atoms with E-state index < -0.39 is 30.3 Å². The Morgan fingerprint density at radius 1 is 1.36 bits per heavy atom. The number of carboxylic acids is 1. The lowest BCUT2D eigenvalue weighted by molar-refractivity contribution is -0.148. The number of halogens is 2. The molecule has 0 aromatic heterocycles. The third kappa shape index (κ3) is 5.88. The molecule has 1 fully saturated rings. The number of hydrogen-bond acceptors (Lipinski definition) is 2. The van der Waals surface area contributed by atoms with E-state index in [-0.39, 0.29) is 12.1 Å². The van der Waals surface area contributed by atoms with Crippen LogP contribution in [0.3, 0.4) is 0 Å². The number of unbranched alkanes of at least 4 members (excludes halogenated alkanes) is 1. The van der Waals surface area contributed by atoms with Crippen LogP contribution in [0.5, 0.6) is 0 Å². The summed E-state index contributed by atoms with van der Waals surface area (Å²) < 4.78 is 27.9. The van der Waals surface area contributed by atoms with Gasteiger partial charge in [-0.15, -0.1) is 0 Å². The van der Waals surface area contributed by atoms with Crippen molar-refractivity contribution >= 4 is 11.9 Å². The van der Waals surface area contributed by atoms with Crippen LogP contribution in [-0.4, -0.2) is 40.4 Å². The fourth-order valence-electron chi connectivity index (χ4n) is 3.46. The first-order valence-electron chi connectivity index (χ1n) is 9.92. The highest BCUT2D eigenvalue weighted by Gasteiger charge is 2.52. The van der Waals surface area contributed by atoms with E-state index in [1.807, 2.05) is 6.08 Å². The van der Waals surface area contributed by atoms with Crippen LogP contribution >= 0.6 is 0 Å². The van der Waals surface area contributed by atoms with E-state index >= 15 is 0 Å². The van der Waals surface area contributed by atoms with Gasteiger partial charge in [0.25, 0.3) is 5.91 Å². The van der Waals surface area contributed by atoms with Crippen molar-refractivity contribution in [2.75, 3.05) is 6.54 Å². The molecular weight excluding hydrogens is 364 g/mol. The summed E-state index contributed by atoms with van der Waals surface area (Å²) >= 11 is 0. The summed E-state index contributed by atoms with van der Waals surface area (Å²) in [4.78, 5) is 24.3. The Morgan fingerprint density at radius 2 is 2.04 bits per heavy atom. The van der Waals surface area contributed by atoms with Gasteiger partial charge in [0.1, 0.15) is 0 Å². The number of amides is 1. The zero-order chi connectivity index (χ0) is 20.7. The van der Waals surface area contributed by atoms with Crippen LogP contribution in [0.2, 0.25) is 0 Å². The van der Waals surface area contributed by atoms with Gasteiger partial charge in [-0.25, -0.2) is 4.79 Å². The number of carboxylic acid groups (broad SMARTS) is 1. The Kier molecular flexibility index (Phi) is 7.72. The van der Waals surface area contributed by atoms with E-state index in [1.54, 1.807) is 18.2 Å². The van der Waals surface area contributed by atoms with E-state index in [1.165, 1.54) is 17.0 Å². The molecule has 1 aliphatic heterocycles. The molecule has 1 aromatic rings. The molecule has 2 atom stereocenters. The highest BCUT2D eigenvalue weighted by molar-refractivity contribution is 5.87. The van der Waals surface area contributed by atoms with Crippen molar-refractivity contribution in [1.82, 2.24) is 4.90 Å². The summed E-state index contributed by atoms with van der Waals surface area (Å²) in [5, 5.41) is 8.93. The Balaban J connectivity index is 1.98. The van der Waals surface area contributed by atoms with Gasteiger partial charge in [0.2, 0.25) is 0 Å². The molecule has 0 radical (unpaired) electrons. The minimum atomic E-state index is -3.32. The first kappa shape index (κ1) is 22.1. The van der Waals surface area contributed by atoms with Crippen LogP contribution in [0, 0.1) is 5.92 Å². The van der Waals surface area contributed by atoms with Crippen LogP contribution < -0.4 is 0 Å². The van der Waals surface area contributed by atoms with Gasteiger partial charge in [0, 0.05) is 13.0 Å². The average molecular weight is 393 g/mol.